The molecule has 0 aromatic carbocycles. The summed E-state index contributed by atoms with van der Waals surface area (Å²) in [7, 11) is 1.95. The van der Waals surface area contributed by atoms with Crippen molar-refractivity contribution in [1.82, 2.24) is 20.4 Å². The number of aromatic nitrogens is 3. The van der Waals surface area contributed by atoms with Crippen LogP contribution in [-0.2, 0) is 6.42 Å². The molecule has 18 heavy (non-hydrogen) atoms. The van der Waals surface area contributed by atoms with E-state index in [2.05, 4.69) is 27.4 Å². The minimum Gasteiger partial charge on any atom is -0.339 e. The van der Waals surface area contributed by atoms with E-state index in [1.54, 1.807) is 0 Å². The van der Waals surface area contributed by atoms with E-state index in [0.717, 1.165) is 24.2 Å². The molecule has 2 aromatic heterocycles. The lowest BCUT2D eigenvalue weighted by atomic mass is 10.2. The fraction of sp³-hybridized carbons (Fsp3) is 0.462. The van der Waals surface area contributed by atoms with Crippen LogP contribution in [0, 0.1) is 6.92 Å². The lowest BCUT2D eigenvalue weighted by Gasteiger charge is -2.06. The van der Waals surface area contributed by atoms with Crippen LogP contribution < -0.4 is 5.32 Å². The Morgan fingerprint density at radius 1 is 1.33 bits per heavy atom. The van der Waals surface area contributed by atoms with E-state index in [9.17, 15) is 0 Å². The van der Waals surface area contributed by atoms with Crippen LogP contribution in [0.2, 0.25) is 0 Å². The highest BCUT2D eigenvalue weighted by molar-refractivity contribution is 5.47. The zero-order valence-corrected chi connectivity index (χ0v) is 11.0. The topological polar surface area (TPSA) is 63.8 Å². The summed E-state index contributed by atoms with van der Waals surface area (Å²) in [5.74, 6) is 1.22. The second-order valence-corrected chi connectivity index (χ2v) is 4.40. The number of nitrogens with zero attached hydrogens (tertiary/aromatic N) is 3. The molecule has 2 aromatic rings. The smallest absolute Gasteiger partial charge is 0.227 e. The first kappa shape index (κ1) is 12.7. The van der Waals surface area contributed by atoms with Crippen LogP contribution in [0.3, 0.4) is 0 Å². The first-order valence-corrected chi connectivity index (χ1v) is 6.13. The van der Waals surface area contributed by atoms with Crippen molar-refractivity contribution in [1.29, 1.82) is 0 Å². The third kappa shape index (κ3) is 3.13. The van der Waals surface area contributed by atoms with Gasteiger partial charge in [0.1, 0.15) is 5.69 Å². The summed E-state index contributed by atoms with van der Waals surface area (Å²) in [5.41, 5.74) is 1.70. The average molecular weight is 246 g/mol. The van der Waals surface area contributed by atoms with Gasteiger partial charge in [0, 0.05) is 18.2 Å². The van der Waals surface area contributed by atoms with Gasteiger partial charge in [-0.2, -0.15) is 4.98 Å². The van der Waals surface area contributed by atoms with Crippen LogP contribution in [-0.4, -0.2) is 28.2 Å². The summed E-state index contributed by atoms with van der Waals surface area (Å²) < 4.78 is 5.22. The van der Waals surface area contributed by atoms with Crippen LogP contribution in [0.1, 0.15) is 24.9 Å². The minimum atomic E-state index is 0.442. The number of rotatable bonds is 5. The predicted octanol–water partition coefficient (Wildman–Crippen LogP) is 1.98. The van der Waals surface area contributed by atoms with Crippen molar-refractivity contribution in [3.8, 4) is 11.5 Å². The fourth-order valence-electron chi connectivity index (χ4n) is 1.61. The molecule has 2 rings (SSSR count). The Morgan fingerprint density at radius 3 is 2.89 bits per heavy atom. The molecule has 0 bridgehead atoms. The summed E-state index contributed by atoms with van der Waals surface area (Å²) >= 11 is 0. The monoisotopic (exact) mass is 246 g/mol. The number of hydrogen-bond acceptors (Lipinski definition) is 5. The van der Waals surface area contributed by atoms with E-state index in [1.165, 1.54) is 0 Å². The number of hydrogen-bond donors (Lipinski definition) is 1. The maximum absolute atomic E-state index is 5.22. The van der Waals surface area contributed by atoms with E-state index in [4.69, 9.17) is 4.52 Å². The first-order chi connectivity index (χ1) is 8.69. The van der Waals surface area contributed by atoms with E-state index >= 15 is 0 Å². The summed E-state index contributed by atoms with van der Waals surface area (Å²) in [6, 6.07) is 6.21. The molecule has 5 nitrogen and oxygen atoms in total. The summed E-state index contributed by atoms with van der Waals surface area (Å²) in [5, 5.41) is 7.14. The van der Waals surface area contributed by atoms with Crippen molar-refractivity contribution in [2.24, 2.45) is 0 Å². The van der Waals surface area contributed by atoms with Crippen LogP contribution >= 0.6 is 0 Å². The molecule has 1 N–H and O–H groups in total. The summed E-state index contributed by atoms with van der Waals surface area (Å²) in [6.07, 6.45) is 1.75. The lowest BCUT2D eigenvalue weighted by Crippen LogP contribution is -2.21. The molecule has 0 aliphatic rings. The normalized spacial score (nSPS) is 12.6. The predicted molar refractivity (Wildman–Crippen MR) is 69.1 cm³/mol. The van der Waals surface area contributed by atoms with Gasteiger partial charge in [-0.15, -0.1) is 0 Å². The van der Waals surface area contributed by atoms with Gasteiger partial charge in [-0.3, -0.25) is 0 Å². The highest BCUT2D eigenvalue weighted by Crippen LogP contribution is 2.14. The average Bonchev–Trinajstić information content (AvgIpc) is 2.84. The van der Waals surface area contributed by atoms with Crippen LogP contribution in [0.25, 0.3) is 11.5 Å². The molecule has 2 heterocycles. The molecular formula is C13H18N4O. The standard InChI is InChI=1S/C13H18N4O/c1-9(14-3)7-8-12-16-13(17-18-12)11-6-4-5-10(2)15-11/h4-6,9,14H,7-8H2,1-3H3. The van der Waals surface area contributed by atoms with Gasteiger partial charge in [-0.1, -0.05) is 11.2 Å². The van der Waals surface area contributed by atoms with Crippen molar-refractivity contribution >= 4 is 0 Å². The zero-order valence-electron chi connectivity index (χ0n) is 11.0. The van der Waals surface area contributed by atoms with Gasteiger partial charge >= 0.3 is 0 Å². The van der Waals surface area contributed by atoms with E-state index < -0.39 is 0 Å². The van der Waals surface area contributed by atoms with Gasteiger partial charge in [0.05, 0.1) is 0 Å². The van der Waals surface area contributed by atoms with Gasteiger partial charge in [0.2, 0.25) is 11.7 Å². The molecule has 0 amide bonds. The van der Waals surface area contributed by atoms with E-state index in [0.29, 0.717) is 17.8 Å². The molecule has 5 heteroatoms. The Bertz CT molecular complexity index is 509. The highest BCUT2D eigenvalue weighted by Gasteiger charge is 2.10. The van der Waals surface area contributed by atoms with Gasteiger partial charge < -0.3 is 9.84 Å². The minimum absolute atomic E-state index is 0.442. The molecular weight excluding hydrogens is 228 g/mol. The molecule has 1 unspecified atom stereocenters. The van der Waals surface area contributed by atoms with Crippen LogP contribution in [0.4, 0.5) is 0 Å². The van der Waals surface area contributed by atoms with Crippen LogP contribution in [0.5, 0.6) is 0 Å². The second-order valence-electron chi connectivity index (χ2n) is 4.40. The maximum Gasteiger partial charge on any atom is 0.227 e. The molecule has 0 radical (unpaired) electrons. The third-order valence-corrected chi connectivity index (χ3v) is 2.87. The maximum atomic E-state index is 5.22. The zero-order chi connectivity index (χ0) is 13.0. The Morgan fingerprint density at radius 2 is 2.17 bits per heavy atom. The Balaban J connectivity index is 2.06. The van der Waals surface area contributed by atoms with Crippen molar-refractivity contribution < 1.29 is 4.52 Å². The molecule has 96 valence electrons. The SMILES string of the molecule is CNC(C)CCc1nc(-c2cccc(C)n2)no1. The molecule has 1 atom stereocenters. The third-order valence-electron chi connectivity index (χ3n) is 2.87. The van der Waals surface area contributed by atoms with Gasteiger partial charge in [0.25, 0.3) is 0 Å². The first-order valence-electron chi connectivity index (χ1n) is 6.13. The highest BCUT2D eigenvalue weighted by atomic mass is 16.5. The molecule has 0 saturated carbocycles. The fourth-order valence-corrected chi connectivity index (χ4v) is 1.61. The molecule has 0 fully saturated rings. The molecule has 0 spiro atoms. The number of nitrogens with one attached hydrogen (secondary N) is 1. The number of aryl methyl sites for hydroxylation is 2. The Kier molecular flexibility index (Phi) is 4.04. The molecule has 0 aliphatic heterocycles. The van der Waals surface area contributed by atoms with Gasteiger partial charge in [-0.25, -0.2) is 4.98 Å². The number of pyridine rings is 1. The van der Waals surface area contributed by atoms with Gasteiger partial charge in [0.15, 0.2) is 0 Å². The largest absolute Gasteiger partial charge is 0.339 e. The van der Waals surface area contributed by atoms with E-state index in [1.807, 2.05) is 32.2 Å². The molecule has 0 aliphatic carbocycles. The summed E-state index contributed by atoms with van der Waals surface area (Å²) in [4.78, 5) is 8.73. The quantitative estimate of drug-likeness (QED) is 0.874. The van der Waals surface area contributed by atoms with Crippen molar-refractivity contribution in [2.45, 2.75) is 32.7 Å². The second kappa shape index (κ2) is 5.73. The van der Waals surface area contributed by atoms with Crippen LogP contribution in [0.15, 0.2) is 22.7 Å². The van der Waals surface area contributed by atoms with Crippen molar-refractivity contribution in [3.63, 3.8) is 0 Å². The summed E-state index contributed by atoms with van der Waals surface area (Å²) in [6.45, 7) is 4.07. The lowest BCUT2D eigenvalue weighted by molar-refractivity contribution is 0.369. The Labute approximate surface area is 107 Å². The van der Waals surface area contributed by atoms with Crippen molar-refractivity contribution in [2.75, 3.05) is 7.05 Å². The molecule has 0 saturated heterocycles. The Hall–Kier alpha value is -1.75. The van der Waals surface area contributed by atoms with Gasteiger partial charge in [-0.05, 0) is 39.4 Å². The van der Waals surface area contributed by atoms with Crippen molar-refractivity contribution in [3.05, 3.63) is 29.8 Å². The van der Waals surface area contributed by atoms with E-state index in [-0.39, 0.29) is 0 Å².